The van der Waals surface area contributed by atoms with Crippen molar-refractivity contribution < 1.29 is 14.7 Å². The summed E-state index contributed by atoms with van der Waals surface area (Å²) in [6, 6.07) is 8.46. The lowest BCUT2D eigenvalue weighted by molar-refractivity contribution is -0.114. The van der Waals surface area contributed by atoms with Crippen molar-refractivity contribution >= 4 is 51.3 Å². The number of aliphatic hydroxyl groups is 1. The van der Waals surface area contributed by atoms with Gasteiger partial charge < -0.3 is 26.4 Å². The molecule has 204 valence electrons. The Morgan fingerprint density at radius 3 is 2.64 bits per heavy atom. The number of carbonyl (C=O) groups is 2. The summed E-state index contributed by atoms with van der Waals surface area (Å²) in [5, 5.41) is 15.5. The van der Waals surface area contributed by atoms with E-state index in [1.54, 1.807) is 35.2 Å². The number of aromatic amines is 1. The van der Waals surface area contributed by atoms with Gasteiger partial charge in [0.15, 0.2) is 0 Å². The normalized spacial score (nSPS) is 13.6. The number of aromatic nitrogens is 2. The minimum absolute atomic E-state index is 0.0265. The van der Waals surface area contributed by atoms with Crippen molar-refractivity contribution in [3.05, 3.63) is 75.2 Å². The molecule has 6 N–H and O–H groups in total. The number of carbonyl (C=O) groups excluding carboxylic acids is 2. The molecule has 3 aromatic rings. The highest BCUT2D eigenvalue weighted by atomic mass is 32.1. The first-order chi connectivity index (χ1) is 18.6. The maximum Gasteiger partial charge on any atom is 0.271 e. The van der Waals surface area contributed by atoms with E-state index in [0.29, 0.717) is 41.6 Å². The van der Waals surface area contributed by atoms with E-state index in [1.807, 2.05) is 13.8 Å². The zero-order valence-corrected chi connectivity index (χ0v) is 22.8. The molecular formula is C27H31N7O4S. The number of hydrogen-bond acceptors (Lipinski definition) is 8. The summed E-state index contributed by atoms with van der Waals surface area (Å²) >= 11 is 1.10. The van der Waals surface area contributed by atoms with Gasteiger partial charge in [-0.15, -0.1) is 0 Å². The van der Waals surface area contributed by atoms with Gasteiger partial charge in [-0.2, -0.15) is 0 Å². The number of nitrogens with one attached hydrogen (secondary N) is 3. The van der Waals surface area contributed by atoms with Crippen molar-refractivity contribution in [2.24, 2.45) is 10.7 Å². The number of H-pyrrole nitrogens is 1. The molecule has 3 heterocycles. The molecule has 4 rings (SSSR count). The molecule has 0 saturated heterocycles. The number of pyridine rings is 1. The third-order valence-corrected chi connectivity index (χ3v) is 7.00. The van der Waals surface area contributed by atoms with Gasteiger partial charge in [0.1, 0.15) is 22.2 Å². The first-order valence-electron chi connectivity index (χ1n) is 12.4. The van der Waals surface area contributed by atoms with Crippen LogP contribution in [0.15, 0.2) is 46.7 Å². The molecule has 2 aromatic heterocycles. The quantitative estimate of drug-likeness (QED) is 0.202. The van der Waals surface area contributed by atoms with Crippen LogP contribution in [-0.4, -0.2) is 49.7 Å². The Balaban J connectivity index is 1.50. The fraction of sp³-hybridized carbons (Fsp3) is 0.296. The molecule has 39 heavy (non-hydrogen) atoms. The number of nitrogens with two attached hydrogens (primary N) is 1. The summed E-state index contributed by atoms with van der Waals surface area (Å²) in [4.78, 5) is 47.8. The monoisotopic (exact) mass is 549 g/mol. The molecule has 0 aliphatic carbocycles. The molecular weight excluding hydrogens is 518 g/mol. The Morgan fingerprint density at radius 2 is 2.00 bits per heavy atom. The van der Waals surface area contributed by atoms with Crippen LogP contribution < -0.4 is 21.9 Å². The Kier molecular flexibility index (Phi) is 8.27. The summed E-state index contributed by atoms with van der Waals surface area (Å²) in [7, 11) is 0. The summed E-state index contributed by atoms with van der Waals surface area (Å²) in [5.74, 6) is 0.143. The van der Waals surface area contributed by atoms with E-state index in [-0.39, 0.29) is 41.4 Å². The van der Waals surface area contributed by atoms with Gasteiger partial charge in [0.2, 0.25) is 5.91 Å². The van der Waals surface area contributed by atoms with Gasteiger partial charge in [-0.05, 0) is 67.7 Å². The van der Waals surface area contributed by atoms with Crippen molar-refractivity contribution in [3.63, 3.8) is 0 Å². The maximum absolute atomic E-state index is 13.3. The number of aliphatic imine (C=N–C) groups is 1. The summed E-state index contributed by atoms with van der Waals surface area (Å²) < 4.78 is 2.66. The number of amides is 2. The van der Waals surface area contributed by atoms with Crippen LogP contribution in [0.25, 0.3) is 5.57 Å². The number of amidine groups is 1. The van der Waals surface area contributed by atoms with E-state index < -0.39 is 0 Å². The average molecular weight is 550 g/mol. The van der Waals surface area contributed by atoms with Gasteiger partial charge >= 0.3 is 0 Å². The predicted octanol–water partition coefficient (Wildman–Crippen LogP) is 3.20. The zero-order chi connectivity index (χ0) is 28.3. The van der Waals surface area contributed by atoms with Crippen molar-refractivity contribution in [2.45, 2.75) is 46.3 Å². The van der Waals surface area contributed by atoms with Crippen molar-refractivity contribution in [2.75, 3.05) is 17.2 Å². The molecule has 0 saturated carbocycles. The van der Waals surface area contributed by atoms with Crippen molar-refractivity contribution in [1.29, 1.82) is 0 Å². The fourth-order valence-electron chi connectivity index (χ4n) is 4.31. The molecule has 2 amide bonds. The topological polar surface area (TPSA) is 166 Å². The second kappa shape index (κ2) is 11.6. The number of rotatable bonds is 9. The maximum atomic E-state index is 13.3. The lowest BCUT2D eigenvalue weighted by Crippen LogP contribution is -2.25. The predicted molar refractivity (Wildman–Crippen MR) is 153 cm³/mol. The van der Waals surface area contributed by atoms with Gasteiger partial charge in [-0.1, -0.05) is 12.2 Å². The number of fused-ring (bicyclic) bond motifs is 1. The SMILES string of the molecule is C=C(C)c1cc(NC(C)=O)nc2c1CN(C(=O)c1ccc(Nc3s[nH]c(=O)c3C(N)=NC(C)CCO)cc1)C2. The highest BCUT2D eigenvalue weighted by Gasteiger charge is 2.28. The molecule has 1 atom stereocenters. The van der Waals surface area contributed by atoms with Crippen LogP contribution in [0.3, 0.4) is 0 Å². The minimum atomic E-state index is -0.357. The smallest absolute Gasteiger partial charge is 0.271 e. The van der Waals surface area contributed by atoms with Crippen LogP contribution >= 0.6 is 11.5 Å². The van der Waals surface area contributed by atoms with Crippen LogP contribution in [0.4, 0.5) is 16.5 Å². The average Bonchev–Trinajstić information content (AvgIpc) is 3.46. The highest BCUT2D eigenvalue weighted by molar-refractivity contribution is 7.10. The summed E-state index contributed by atoms with van der Waals surface area (Å²) in [6.45, 7) is 9.82. The van der Waals surface area contributed by atoms with Gasteiger partial charge in [0.25, 0.3) is 11.5 Å². The second-order valence-electron chi connectivity index (χ2n) is 9.42. The number of benzene rings is 1. The molecule has 1 aliphatic rings. The van der Waals surface area contributed by atoms with E-state index in [4.69, 9.17) is 10.8 Å². The van der Waals surface area contributed by atoms with E-state index in [2.05, 4.69) is 31.6 Å². The molecule has 11 nitrogen and oxygen atoms in total. The van der Waals surface area contributed by atoms with Crippen LogP contribution in [0, 0.1) is 0 Å². The van der Waals surface area contributed by atoms with Gasteiger partial charge in [-0.3, -0.25) is 23.7 Å². The summed E-state index contributed by atoms with van der Waals surface area (Å²) in [6.07, 6.45) is 0.435. The largest absolute Gasteiger partial charge is 0.396 e. The molecule has 0 fully saturated rings. The van der Waals surface area contributed by atoms with E-state index in [1.165, 1.54) is 6.92 Å². The number of nitrogens with zero attached hydrogens (tertiary/aromatic N) is 3. The van der Waals surface area contributed by atoms with Crippen molar-refractivity contribution in [1.82, 2.24) is 14.3 Å². The molecule has 0 bridgehead atoms. The Labute approximate surface area is 229 Å². The third kappa shape index (κ3) is 6.24. The fourth-order valence-corrected chi connectivity index (χ4v) is 5.08. The van der Waals surface area contributed by atoms with E-state index >= 15 is 0 Å². The lowest BCUT2D eigenvalue weighted by Gasteiger charge is -2.16. The van der Waals surface area contributed by atoms with E-state index in [9.17, 15) is 14.4 Å². The molecule has 12 heteroatoms. The van der Waals surface area contributed by atoms with Crippen LogP contribution in [0.2, 0.25) is 0 Å². The standard InChI is InChI=1S/C27H31N7O4S/c1-14(2)19-11-22(30-16(4)36)32-21-13-34(12-20(19)21)27(38)17-5-7-18(8-6-17)31-26-23(25(37)33-39-26)24(28)29-15(3)9-10-35/h5-8,11,15,31,35H,1,9-10,12-13H2,2-4H3,(H2,28,29)(H,33,37)(H,30,32,36). The van der Waals surface area contributed by atoms with Gasteiger partial charge in [0, 0.05) is 36.9 Å². The molecule has 0 spiro atoms. The highest BCUT2D eigenvalue weighted by Crippen LogP contribution is 2.32. The van der Waals surface area contributed by atoms with Crippen LogP contribution in [0.1, 0.15) is 59.9 Å². The molecule has 1 aromatic carbocycles. The Hall–Kier alpha value is -4.29. The van der Waals surface area contributed by atoms with Crippen LogP contribution in [-0.2, 0) is 17.9 Å². The molecule has 1 unspecified atom stereocenters. The minimum Gasteiger partial charge on any atom is -0.396 e. The van der Waals surface area contributed by atoms with Gasteiger partial charge in [0.05, 0.1) is 18.3 Å². The molecule has 0 radical (unpaired) electrons. The molecule has 1 aliphatic heterocycles. The Morgan fingerprint density at radius 1 is 1.28 bits per heavy atom. The second-order valence-corrected chi connectivity index (χ2v) is 10.2. The lowest BCUT2D eigenvalue weighted by atomic mass is 10.0. The Bertz CT molecular complexity index is 1510. The van der Waals surface area contributed by atoms with Crippen molar-refractivity contribution in [3.8, 4) is 0 Å². The number of allylic oxidation sites excluding steroid dienone is 1. The first-order valence-corrected chi connectivity index (χ1v) is 13.2. The van der Waals surface area contributed by atoms with E-state index in [0.717, 1.165) is 33.9 Å². The van der Waals surface area contributed by atoms with Gasteiger partial charge in [-0.25, -0.2) is 4.98 Å². The third-order valence-electron chi connectivity index (χ3n) is 6.20. The first kappa shape index (κ1) is 27.7. The number of anilines is 3. The number of hydrogen-bond donors (Lipinski definition) is 5. The zero-order valence-electron chi connectivity index (χ0n) is 22.0. The number of aliphatic hydroxyl groups excluding tert-OH is 1. The summed E-state index contributed by atoms with van der Waals surface area (Å²) in [5.41, 5.74) is 10.5. The van der Waals surface area contributed by atoms with Crippen LogP contribution in [0.5, 0.6) is 0 Å².